The van der Waals surface area contributed by atoms with E-state index < -0.39 is 22.0 Å². The van der Waals surface area contributed by atoms with Crippen molar-refractivity contribution in [3.05, 3.63) is 64.7 Å². The van der Waals surface area contributed by atoms with E-state index in [-0.39, 0.29) is 17.9 Å². The second kappa shape index (κ2) is 7.78. The van der Waals surface area contributed by atoms with Crippen molar-refractivity contribution in [3.63, 3.8) is 0 Å². The molecule has 1 aliphatic heterocycles. The van der Waals surface area contributed by atoms with Gasteiger partial charge in [-0.15, -0.1) is 0 Å². The summed E-state index contributed by atoms with van der Waals surface area (Å²) in [6, 6.07) is 13.2. The van der Waals surface area contributed by atoms with Crippen LogP contribution >= 0.6 is 11.6 Å². The van der Waals surface area contributed by atoms with Crippen LogP contribution in [0.4, 0.5) is 0 Å². The van der Waals surface area contributed by atoms with Crippen molar-refractivity contribution in [1.82, 2.24) is 4.31 Å². The Balaban J connectivity index is 2.03. The highest BCUT2D eigenvalue weighted by Gasteiger charge is 2.37. The van der Waals surface area contributed by atoms with Gasteiger partial charge in [-0.3, -0.25) is 4.79 Å². The van der Waals surface area contributed by atoms with Crippen molar-refractivity contribution in [2.75, 3.05) is 13.2 Å². The molecule has 1 atom stereocenters. The van der Waals surface area contributed by atoms with Crippen LogP contribution in [0.3, 0.4) is 0 Å². The lowest BCUT2D eigenvalue weighted by Gasteiger charge is -2.36. The van der Waals surface area contributed by atoms with Crippen LogP contribution in [0.5, 0.6) is 0 Å². The van der Waals surface area contributed by atoms with Crippen LogP contribution in [0.1, 0.15) is 30.5 Å². The molecule has 0 unspecified atom stereocenters. The molecular formula is C19H20ClNO4S. The molecule has 0 aromatic heterocycles. The van der Waals surface area contributed by atoms with Crippen molar-refractivity contribution >= 4 is 27.6 Å². The molecule has 0 N–H and O–H groups in total. The average Bonchev–Trinajstić information content (AvgIpc) is 2.62. The standard InChI is InChI=1S/C19H20ClNO4S/c1-2-25-19(22)13-18-17-9-4-3-6-14(17)10-11-21(18)26(23,24)16-8-5-7-15(20)12-16/h3-9,12,18H,2,10-11,13H2,1H3/t18-/m0/s1. The van der Waals surface area contributed by atoms with Gasteiger partial charge in [0.1, 0.15) is 0 Å². The number of carbonyl (C=O) groups excluding carboxylic acids is 1. The third kappa shape index (κ3) is 3.77. The van der Waals surface area contributed by atoms with Gasteiger partial charge in [-0.2, -0.15) is 4.31 Å². The molecule has 2 aromatic carbocycles. The number of sulfonamides is 1. The number of nitrogens with zero attached hydrogens (tertiary/aromatic N) is 1. The van der Waals surface area contributed by atoms with E-state index in [1.165, 1.54) is 16.4 Å². The molecule has 26 heavy (non-hydrogen) atoms. The first-order chi connectivity index (χ1) is 12.4. The molecule has 0 spiro atoms. The smallest absolute Gasteiger partial charge is 0.307 e. The summed E-state index contributed by atoms with van der Waals surface area (Å²) < 4.78 is 32.9. The zero-order chi connectivity index (χ0) is 18.7. The topological polar surface area (TPSA) is 63.7 Å². The van der Waals surface area contributed by atoms with Crippen LogP contribution in [0.15, 0.2) is 53.4 Å². The summed E-state index contributed by atoms with van der Waals surface area (Å²) in [4.78, 5) is 12.2. The molecule has 3 rings (SSSR count). The Hall–Kier alpha value is -1.89. The predicted octanol–water partition coefficient (Wildman–Crippen LogP) is 3.58. The van der Waals surface area contributed by atoms with Crippen molar-refractivity contribution in [2.24, 2.45) is 0 Å². The Morgan fingerprint density at radius 2 is 2.00 bits per heavy atom. The maximum absolute atomic E-state index is 13.2. The summed E-state index contributed by atoms with van der Waals surface area (Å²) in [7, 11) is -3.80. The zero-order valence-corrected chi connectivity index (χ0v) is 16.0. The maximum Gasteiger partial charge on any atom is 0.307 e. The molecule has 7 heteroatoms. The second-order valence-electron chi connectivity index (χ2n) is 6.05. The molecule has 0 bridgehead atoms. The van der Waals surface area contributed by atoms with E-state index in [0.717, 1.165) is 11.1 Å². The highest BCUT2D eigenvalue weighted by atomic mass is 35.5. The van der Waals surface area contributed by atoms with Gasteiger partial charge in [-0.25, -0.2) is 8.42 Å². The number of esters is 1. The molecule has 5 nitrogen and oxygen atoms in total. The number of hydrogen-bond acceptors (Lipinski definition) is 4. The molecule has 0 fully saturated rings. The van der Waals surface area contributed by atoms with Gasteiger partial charge in [0.15, 0.2) is 0 Å². The highest BCUT2D eigenvalue weighted by Crippen LogP contribution is 2.36. The minimum absolute atomic E-state index is 0.0232. The van der Waals surface area contributed by atoms with Gasteiger partial charge >= 0.3 is 5.97 Å². The van der Waals surface area contributed by atoms with Crippen molar-refractivity contribution in [1.29, 1.82) is 0 Å². The first-order valence-corrected chi connectivity index (χ1v) is 10.3. The average molecular weight is 394 g/mol. The van der Waals surface area contributed by atoms with E-state index in [2.05, 4.69) is 0 Å². The van der Waals surface area contributed by atoms with Crippen LogP contribution in [0, 0.1) is 0 Å². The monoisotopic (exact) mass is 393 g/mol. The summed E-state index contributed by atoms with van der Waals surface area (Å²) in [5, 5.41) is 0.352. The van der Waals surface area contributed by atoms with E-state index in [0.29, 0.717) is 18.0 Å². The summed E-state index contributed by atoms with van der Waals surface area (Å²) in [6.07, 6.45) is 0.569. The lowest BCUT2D eigenvalue weighted by molar-refractivity contribution is -0.144. The minimum Gasteiger partial charge on any atom is -0.466 e. The molecule has 0 aliphatic carbocycles. The number of hydrogen-bond donors (Lipinski definition) is 0. The lowest BCUT2D eigenvalue weighted by Crippen LogP contribution is -2.41. The van der Waals surface area contributed by atoms with Gasteiger partial charge in [0.2, 0.25) is 10.0 Å². The minimum atomic E-state index is -3.80. The first-order valence-electron chi connectivity index (χ1n) is 8.44. The summed E-state index contributed by atoms with van der Waals surface area (Å²) in [5.41, 5.74) is 1.90. The summed E-state index contributed by atoms with van der Waals surface area (Å²) in [5.74, 6) is -0.416. The highest BCUT2D eigenvalue weighted by molar-refractivity contribution is 7.89. The summed E-state index contributed by atoms with van der Waals surface area (Å²) >= 11 is 5.98. The van der Waals surface area contributed by atoms with Gasteiger partial charge in [0, 0.05) is 11.6 Å². The molecule has 138 valence electrons. The molecular weight excluding hydrogens is 374 g/mol. The Morgan fingerprint density at radius 3 is 2.73 bits per heavy atom. The van der Waals surface area contributed by atoms with Crippen LogP contribution in [-0.4, -0.2) is 31.8 Å². The van der Waals surface area contributed by atoms with E-state index in [1.54, 1.807) is 19.1 Å². The third-order valence-corrected chi connectivity index (χ3v) is 6.57. The normalized spacial score (nSPS) is 17.5. The number of rotatable bonds is 5. The van der Waals surface area contributed by atoms with E-state index in [1.807, 2.05) is 24.3 Å². The van der Waals surface area contributed by atoms with E-state index >= 15 is 0 Å². The number of ether oxygens (including phenoxy) is 1. The van der Waals surface area contributed by atoms with Crippen molar-refractivity contribution < 1.29 is 17.9 Å². The zero-order valence-electron chi connectivity index (χ0n) is 14.4. The number of fused-ring (bicyclic) bond motifs is 1. The SMILES string of the molecule is CCOC(=O)C[C@H]1c2ccccc2CCN1S(=O)(=O)c1cccc(Cl)c1. The number of halogens is 1. The van der Waals surface area contributed by atoms with Gasteiger partial charge < -0.3 is 4.74 Å². The predicted molar refractivity (Wildman–Crippen MR) is 99.5 cm³/mol. The fourth-order valence-electron chi connectivity index (χ4n) is 3.27. The fourth-order valence-corrected chi connectivity index (χ4v) is 5.18. The Labute approximate surface area is 158 Å². The van der Waals surface area contributed by atoms with E-state index in [4.69, 9.17) is 16.3 Å². The first kappa shape index (κ1) is 18.9. The van der Waals surface area contributed by atoms with Gasteiger partial charge in [-0.05, 0) is 42.7 Å². The van der Waals surface area contributed by atoms with Crippen molar-refractivity contribution in [2.45, 2.75) is 30.7 Å². The molecule has 2 aromatic rings. The lowest BCUT2D eigenvalue weighted by atomic mass is 9.92. The van der Waals surface area contributed by atoms with E-state index in [9.17, 15) is 13.2 Å². The Morgan fingerprint density at radius 1 is 1.23 bits per heavy atom. The van der Waals surface area contributed by atoms with Crippen LogP contribution < -0.4 is 0 Å². The van der Waals surface area contributed by atoms with Crippen LogP contribution in [-0.2, 0) is 26.0 Å². The second-order valence-corrected chi connectivity index (χ2v) is 8.37. The molecule has 0 amide bonds. The van der Waals surface area contributed by atoms with Gasteiger partial charge in [0.25, 0.3) is 0 Å². The molecule has 0 saturated carbocycles. The van der Waals surface area contributed by atoms with Crippen LogP contribution in [0.25, 0.3) is 0 Å². The molecule has 1 heterocycles. The molecule has 1 aliphatic rings. The molecule has 0 saturated heterocycles. The van der Waals surface area contributed by atoms with Crippen molar-refractivity contribution in [3.8, 4) is 0 Å². The summed E-state index contributed by atoms with van der Waals surface area (Å²) in [6.45, 7) is 2.29. The maximum atomic E-state index is 13.2. The van der Waals surface area contributed by atoms with Gasteiger partial charge in [-0.1, -0.05) is 41.9 Å². The Kier molecular flexibility index (Phi) is 5.65. The van der Waals surface area contributed by atoms with Gasteiger partial charge in [0.05, 0.1) is 24.0 Å². The number of benzene rings is 2. The quantitative estimate of drug-likeness (QED) is 0.728. The van der Waals surface area contributed by atoms with Crippen LogP contribution in [0.2, 0.25) is 5.02 Å². The molecule has 0 radical (unpaired) electrons. The third-order valence-electron chi connectivity index (χ3n) is 4.43. The Bertz CT molecular complexity index is 913. The fraction of sp³-hybridized carbons (Fsp3) is 0.316. The largest absolute Gasteiger partial charge is 0.466 e. The number of carbonyl (C=O) groups is 1.